The molecule has 0 aliphatic heterocycles. The fourth-order valence-corrected chi connectivity index (χ4v) is 2.65. The molecular formula is C20H20N2O6. The highest BCUT2D eigenvalue weighted by molar-refractivity contribution is 6.07. The number of hydrogen-bond acceptors (Lipinski definition) is 8. The van der Waals surface area contributed by atoms with E-state index >= 15 is 0 Å². The normalized spacial score (nSPS) is 10.9. The van der Waals surface area contributed by atoms with Crippen molar-refractivity contribution in [1.29, 1.82) is 0 Å². The van der Waals surface area contributed by atoms with Crippen LogP contribution in [0.4, 0.5) is 0 Å². The number of aromatic nitrogens is 2. The van der Waals surface area contributed by atoms with E-state index in [1.54, 1.807) is 36.4 Å². The highest BCUT2D eigenvalue weighted by Crippen LogP contribution is 2.24. The summed E-state index contributed by atoms with van der Waals surface area (Å²) in [5.74, 6) is -0.898. The first-order valence-electron chi connectivity index (χ1n) is 8.66. The Labute approximate surface area is 161 Å². The maximum absolute atomic E-state index is 12.1. The van der Waals surface area contributed by atoms with Crippen molar-refractivity contribution in [3.05, 3.63) is 47.5 Å². The van der Waals surface area contributed by atoms with E-state index in [-0.39, 0.29) is 13.2 Å². The molecule has 8 heteroatoms. The van der Waals surface area contributed by atoms with Gasteiger partial charge in [0.05, 0.1) is 35.4 Å². The quantitative estimate of drug-likeness (QED) is 0.332. The summed E-state index contributed by atoms with van der Waals surface area (Å²) in [5, 5.41) is 9.98. The lowest BCUT2D eigenvalue weighted by Gasteiger charge is -2.08. The van der Waals surface area contributed by atoms with E-state index in [2.05, 4.69) is 10.2 Å². The van der Waals surface area contributed by atoms with E-state index in [1.807, 2.05) is 0 Å². The van der Waals surface area contributed by atoms with E-state index in [4.69, 9.17) is 18.9 Å². The molecule has 0 atom stereocenters. The van der Waals surface area contributed by atoms with Gasteiger partial charge in [0, 0.05) is 25.0 Å². The zero-order valence-electron chi connectivity index (χ0n) is 15.6. The van der Waals surface area contributed by atoms with Gasteiger partial charge in [0.2, 0.25) is 0 Å². The summed E-state index contributed by atoms with van der Waals surface area (Å²) < 4.78 is 20.0. The first-order chi connectivity index (χ1) is 13.6. The van der Waals surface area contributed by atoms with Crippen molar-refractivity contribution in [2.75, 3.05) is 40.6 Å². The van der Waals surface area contributed by atoms with Gasteiger partial charge in [-0.2, -0.15) is 0 Å². The molecular weight excluding hydrogens is 364 g/mol. The number of benzene rings is 2. The van der Waals surface area contributed by atoms with Crippen molar-refractivity contribution in [2.24, 2.45) is 0 Å². The Morgan fingerprint density at radius 2 is 1.14 bits per heavy atom. The van der Waals surface area contributed by atoms with Crippen LogP contribution in [0.1, 0.15) is 20.7 Å². The van der Waals surface area contributed by atoms with Gasteiger partial charge in [-0.3, -0.25) is 0 Å². The molecule has 8 nitrogen and oxygen atoms in total. The molecule has 0 fully saturated rings. The van der Waals surface area contributed by atoms with Crippen molar-refractivity contribution in [2.45, 2.75) is 0 Å². The van der Waals surface area contributed by atoms with E-state index in [0.717, 1.165) is 10.8 Å². The van der Waals surface area contributed by atoms with Crippen LogP contribution in [0.15, 0.2) is 36.4 Å². The molecule has 0 N–H and O–H groups in total. The van der Waals surface area contributed by atoms with Gasteiger partial charge in [-0.15, -0.1) is 10.2 Å². The number of fused-ring (bicyclic) bond motifs is 3. The number of carbonyl (C=O) groups is 2. The lowest BCUT2D eigenvalue weighted by molar-refractivity contribution is 0.0381. The number of esters is 2. The highest BCUT2D eigenvalue weighted by Gasteiger charge is 2.13. The van der Waals surface area contributed by atoms with Crippen LogP contribution in [0, 0.1) is 0 Å². The predicted octanol–water partition coefficient (Wildman–Crippen LogP) is 2.39. The summed E-state index contributed by atoms with van der Waals surface area (Å²) in [6, 6.07) is 10.2. The van der Waals surface area contributed by atoms with Gasteiger partial charge in [0.25, 0.3) is 0 Å². The maximum atomic E-state index is 12.1. The fourth-order valence-electron chi connectivity index (χ4n) is 2.65. The second-order valence-corrected chi connectivity index (χ2v) is 5.92. The first kappa shape index (κ1) is 19.7. The van der Waals surface area contributed by atoms with Crippen LogP contribution in [-0.4, -0.2) is 62.8 Å². The molecule has 3 rings (SSSR count). The molecule has 0 aliphatic carbocycles. The molecule has 3 aromatic rings. The summed E-state index contributed by atoms with van der Waals surface area (Å²) in [6.45, 7) is 1.03. The molecule has 1 aromatic heterocycles. The molecule has 2 aromatic carbocycles. The number of carbonyl (C=O) groups excluding carboxylic acids is 2. The zero-order chi connectivity index (χ0) is 19.9. The SMILES string of the molecule is COCCOC(=O)c1ccc2c(c1)nnc1cc(C(=O)OCCOC)ccc12. The third-order valence-electron chi connectivity index (χ3n) is 4.06. The summed E-state index contributed by atoms with van der Waals surface area (Å²) in [6.07, 6.45) is 0. The van der Waals surface area contributed by atoms with Gasteiger partial charge < -0.3 is 18.9 Å². The van der Waals surface area contributed by atoms with Crippen LogP contribution in [0.5, 0.6) is 0 Å². The average molecular weight is 384 g/mol. The summed E-state index contributed by atoms with van der Waals surface area (Å²) in [4.78, 5) is 24.1. The van der Waals surface area contributed by atoms with Crippen LogP contribution in [0.25, 0.3) is 21.8 Å². The Balaban J connectivity index is 1.85. The van der Waals surface area contributed by atoms with Crippen LogP contribution >= 0.6 is 0 Å². The van der Waals surface area contributed by atoms with Gasteiger partial charge in [0.1, 0.15) is 13.2 Å². The number of methoxy groups -OCH3 is 2. The standard InChI is InChI=1S/C20H20N2O6/c1-25-7-9-27-19(23)13-3-5-15-16-6-4-14(20(24)28-10-8-26-2)12-18(16)22-21-17(15)11-13/h3-6,11-12H,7-10H2,1-2H3. The van der Waals surface area contributed by atoms with Crippen LogP contribution in [0.3, 0.4) is 0 Å². The summed E-state index contributed by atoms with van der Waals surface area (Å²) in [5.41, 5.74) is 1.89. The van der Waals surface area contributed by atoms with Gasteiger partial charge in [0.15, 0.2) is 0 Å². The molecule has 0 saturated carbocycles. The molecule has 0 aliphatic rings. The molecule has 0 radical (unpaired) electrons. The van der Waals surface area contributed by atoms with Crippen molar-refractivity contribution in [1.82, 2.24) is 10.2 Å². The van der Waals surface area contributed by atoms with Gasteiger partial charge in [-0.1, -0.05) is 12.1 Å². The Morgan fingerprint density at radius 3 is 1.54 bits per heavy atom. The highest BCUT2D eigenvalue weighted by atomic mass is 16.6. The summed E-state index contributed by atoms with van der Waals surface area (Å²) >= 11 is 0. The lowest BCUT2D eigenvalue weighted by Crippen LogP contribution is -2.10. The first-order valence-corrected chi connectivity index (χ1v) is 8.66. The summed E-state index contributed by atoms with van der Waals surface area (Å²) in [7, 11) is 3.07. The Kier molecular flexibility index (Phi) is 6.46. The maximum Gasteiger partial charge on any atom is 0.338 e. The lowest BCUT2D eigenvalue weighted by atomic mass is 10.1. The minimum absolute atomic E-state index is 0.181. The van der Waals surface area contributed by atoms with Crippen LogP contribution in [-0.2, 0) is 18.9 Å². The molecule has 0 bridgehead atoms. The smallest absolute Gasteiger partial charge is 0.338 e. The molecule has 0 spiro atoms. The zero-order valence-corrected chi connectivity index (χ0v) is 15.6. The Morgan fingerprint density at radius 1 is 0.714 bits per heavy atom. The third-order valence-corrected chi connectivity index (χ3v) is 4.06. The molecule has 146 valence electrons. The van der Waals surface area contributed by atoms with Gasteiger partial charge in [-0.25, -0.2) is 9.59 Å². The van der Waals surface area contributed by atoms with Crippen molar-refractivity contribution < 1.29 is 28.5 Å². The number of hydrogen-bond donors (Lipinski definition) is 0. The van der Waals surface area contributed by atoms with E-state index in [0.29, 0.717) is 35.4 Å². The average Bonchev–Trinajstić information content (AvgIpc) is 2.73. The van der Waals surface area contributed by atoms with Crippen LogP contribution < -0.4 is 0 Å². The monoisotopic (exact) mass is 384 g/mol. The van der Waals surface area contributed by atoms with Crippen LogP contribution in [0.2, 0.25) is 0 Å². The Hall–Kier alpha value is -3.10. The molecule has 0 saturated heterocycles. The van der Waals surface area contributed by atoms with E-state index < -0.39 is 11.9 Å². The van der Waals surface area contributed by atoms with Crippen molar-refractivity contribution >= 4 is 33.7 Å². The van der Waals surface area contributed by atoms with Crippen molar-refractivity contribution in [3.63, 3.8) is 0 Å². The number of nitrogens with zero attached hydrogens (tertiary/aromatic N) is 2. The third kappa shape index (κ3) is 4.41. The number of rotatable bonds is 8. The predicted molar refractivity (Wildman–Crippen MR) is 101 cm³/mol. The minimum atomic E-state index is -0.449. The van der Waals surface area contributed by atoms with Gasteiger partial charge in [-0.05, 0) is 24.3 Å². The molecule has 0 unspecified atom stereocenters. The van der Waals surface area contributed by atoms with Gasteiger partial charge >= 0.3 is 11.9 Å². The topological polar surface area (TPSA) is 96.8 Å². The molecule has 28 heavy (non-hydrogen) atoms. The molecule has 1 heterocycles. The van der Waals surface area contributed by atoms with E-state index in [1.165, 1.54) is 14.2 Å². The molecule has 0 amide bonds. The largest absolute Gasteiger partial charge is 0.460 e. The Bertz CT molecular complexity index is 924. The minimum Gasteiger partial charge on any atom is -0.460 e. The second-order valence-electron chi connectivity index (χ2n) is 5.92. The van der Waals surface area contributed by atoms with Crippen molar-refractivity contribution in [3.8, 4) is 0 Å². The van der Waals surface area contributed by atoms with E-state index in [9.17, 15) is 9.59 Å². The second kappa shape index (κ2) is 9.20. The fraction of sp³-hybridized carbons (Fsp3) is 0.300. The number of ether oxygens (including phenoxy) is 4.